The molecule has 0 unspecified atom stereocenters. The number of nitrogens with zero attached hydrogens (tertiary/aromatic N) is 1. The average Bonchev–Trinajstić information content (AvgIpc) is 2.38. The van der Waals surface area contributed by atoms with E-state index in [0.717, 1.165) is 30.2 Å². The largest absolute Gasteiger partial charge is 0.398 e. The molecule has 0 spiro atoms. The van der Waals surface area contributed by atoms with Crippen LogP contribution in [0.15, 0.2) is 27.6 Å². The summed E-state index contributed by atoms with van der Waals surface area (Å²) in [4.78, 5) is 0.202. The predicted molar refractivity (Wildman–Crippen MR) is 87.1 cm³/mol. The first-order valence-electron chi connectivity index (χ1n) is 6.98. The van der Waals surface area contributed by atoms with E-state index in [-0.39, 0.29) is 10.6 Å². The zero-order valence-electron chi connectivity index (χ0n) is 12.1. The second kappa shape index (κ2) is 8.00. The number of hydrogen-bond acceptors (Lipinski definition) is 3. The first-order valence-corrected chi connectivity index (χ1v) is 9.22. The third kappa shape index (κ3) is 4.46. The van der Waals surface area contributed by atoms with Gasteiger partial charge in [-0.1, -0.05) is 42.6 Å². The van der Waals surface area contributed by atoms with E-state index < -0.39 is 10.0 Å². The molecule has 6 heteroatoms. The first kappa shape index (κ1) is 17.5. The summed E-state index contributed by atoms with van der Waals surface area (Å²) in [5.74, 6) is 0. The summed E-state index contributed by atoms with van der Waals surface area (Å²) >= 11 is 3.30. The Labute approximate surface area is 130 Å². The molecule has 20 heavy (non-hydrogen) atoms. The molecule has 0 saturated carbocycles. The Morgan fingerprint density at radius 3 is 2.15 bits per heavy atom. The van der Waals surface area contributed by atoms with Crippen molar-refractivity contribution in [3.63, 3.8) is 0 Å². The van der Waals surface area contributed by atoms with Gasteiger partial charge in [-0.25, -0.2) is 8.42 Å². The fourth-order valence-corrected chi connectivity index (χ4v) is 3.91. The highest BCUT2D eigenvalue weighted by molar-refractivity contribution is 9.10. The lowest BCUT2D eigenvalue weighted by Crippen LogP contribution is -2.33. The monoisotopic (exact) mass is 362 g/mol. The predicted octanol–water partition coefficient (Wildman–Crippen LogP) is 3.62. The zero-order valence-corrected chi connectivity index (χ0v) is 14.5. The van der Waals surface area contributed by atoms with Gasteiger partial charge in [0, 0.05) is 17.6 Å². The van der Waals surface area contributed by atoms with E-state index >= 15 is 0 Å². The topological polar surface area (TPSA) is 63.4 Å². The number of rotatable bonds is 8. The van der Waals surface area contributed by atoms with Crippen LogP contribution in [0.25, 0.3) is 0 Å². The van der Waals surface area contributed by atoms with Crippen molar-refractivity contribution in [3.8, 4) is 0 Å². The molecule has 0 aliphatic rings. The molecule has 2 N–H and O–H groups in total. The summed E-state index contributed by atoms with van der Waals surface area (Å²) in [5, 5.41) is 0. The molecular formula is C14H23BrN2O2S. The molecule has 0 saturated heterocycles. The van der Waals surface area contributed by atoms with Gasteiger partial charge in [0.15, 0.2) is 0 Å². The molecular weight excluding hydrogens is 340 g/mol. The maximum atomic E-state index is 12.7. The van der Waals surface area contributed by atoms with Gasteiger partial charge in [0.05, 0.1) is 5.69 Å². The Bertz CT molecular complexity index is 524. The van der Waals surface area contributed by atoms with Gasteiger partial charge in [-0.3, -0.25) is 0 Å². The van der Waals surface area contributed by atoms with Crippen LogP contribution in [-0.4, -0.2) is 25.8 Å². The summed E-state index contributed by atoms with van der Waals surface area (Å²) in [7, 11) is -3.51. The van der Waals surface area contributed by atoms with E-state index in [2.05, 4.69) is 29.8 Å². The normalized spacial score (nSPS) is 12.0. The molecule has 0 atom stereocenters. The second-order valence-electron chi connectivity index (χ2n) is 4.79. The van der Waals surface area contributed by atoms with Crippen molar-refractivity contribution < 1.29 is 8.42 Å². The average molecular weight is 363 g/mol. The van der Waals surface area contributed by atoms with Crippen molar-refractivity contribution >= 4 is 31.6 Å². The number of unbranched alkanes of at least 4 members (excludes halogenated alkanes) is 2. The quantitative estimate of drug-likeness (QED) is 0.718. The molecule has 0 bridgehead atoms. The lowest BCUT2D eigenvalue weighted by Gasteiger charge is -2.22. The number of nitrogens with two attached hydrogens (primary N) is 1. The highest BCUT2D eigenvalue weighted by atomic mass is 79.9. The van der Waals surface area contributed by atoms with Crippen LogP contribution in [0.3, 0.4) is 0 Å². The standard InChI is InChI=1S/C14H23BrN2O2S/c1-3-5-9-17(10-6-4-2)20(18,19)14-8-7-12(15)11-13(14)16/h7-8,11H,3-6,9-10,16H2,1-2H3. The summed E-state index contributed by atoms with van der Waals surface area (Å²) in [6, 6.07) is 4.91. The number of hydrogen-bond donors (Lipinski definition) is 1. The van der Waals surface area contributed by atoms with Crippen molar-refractivity contribution in [2.24, 2.45) is 0 Å². The van der Waals surface area contributed by atoms with Crippen LogP contribution in [0.1, 0.15) is 39.5 Å². The highest BCUT2D eigenvalue weighted by Crippen LogP contribution is 2.26. The second-order valence-corrected chi connectivity index (χ2v) is 7.62. The van der Waals surface area contributed by atoms with Crippen molar-refractivity contribution in [2.75, 3.05) is 18.8 Å². The molecule has 0 aliphatic heterocycles. The molecule has 0 aliphatic carbocycles. The van der Waals surface area contributed by atoms with Crippen LogP contribution in [0.5, 0.6) is 0 Å². The molecule has 1 aromatic rings. The SMILES string of the molecule is CCCCN(CCCC)S(=O)(=O)c1ccc(Br)cc1N. The third-order valence-corrected chi connectivity index (χ3v) is 5.58. The Kier molecular flexibility index (Phi) is 6.99. The number of anilines is 1. The van der Waals surface area contributed by atoms with Crippen LogP contribution in [0.2, 0.25) is 0 Å². The Balaban J connectivity index is 3.07. The number of halogens is 1. The van der Waals surface area contributed by atoms with E-state index in [1.54, 1.807) is 22.5 Å². The van der Waals surface area contributed by atoms with Gasteiger partial charge in [-0.05, 0) is 31.0 Å². The van der Waals surface area contributed by atoms with Crippen molar-refractivity contribution in [1.29, 1.82) is 0 Å². The molecule has 1 rings (SSSR count). The Morgan fingerprint density at radius 2 is 1.70 bits per heavy atom. The van der Waals surface area contributed by atoms with Gasteiger partial charge in [-0.15, -0.1) is 0 Å². The first-order chi connectivity index (χ1) is 9.43. The van der Waals surface area contributed by atoms with E-state index in [9.17, 15) is 8.42 Å². The van der Waals surface area contributed by atoms with Crippen LogP contribution < -0.4 is 5.73 Å². The molecule has 0 heterocycles. The van der Waals surface area contributed by atoms with Crippen molar-refractivity contribution in [1.82, 2.24) is 4.31 Å². The van der Waals surface area contributed by atoms with Gasteiger partial charge < -0.3 is 5.73 Å². The minimum Gasteiger partial charge on any atom is -0.398 e. The third-order valence-electron chi connectivity index (χ3n) is 3.11. The van der Waals surface area contributed by atoms with Crippen LogP contribution in [-0.2, 0) is 10.0 Å². The fourth-order valence-electron chi connectivity index (χ4n) is 1.91. The van der Waals surface area contributed by atoms with E-state index in [4.69, 9.17) is 5.73 Å². The Morgan fingerprint density at radius 1 is 1.15 bits per heavy atom. The maximum Gasteiger partial charge on any atom is 0.245 e. The van der Waals surface area contributed by atoms with Gasteiger partial charge >= 0.3 is 0 Å². The summed E-state index contributed by atoms with van der Waals surface area (Å²) < 4.78 is 27.7. The molecule has 1 aromatic carbocycles. The zero-order chi connectivity index (χ0) is 15.2. The lowest BCUT2D eigenvalue weighted by atomic mass is 10.3. The van der Waals surface area contributed by atoms with Gasteiger partial charge in [0.2, 0.25) is 10.0 Å². The molecule has 0 amide bonds. The molecule has 0 aromatic heterocycles. The van der Waals surface area contributed by atoms with Crippen molar-refractivity contribution in [3.05, 3.63) is 22.7 Å². The summed E-state index contributed by atoms with van der Waals surface area (Å²) in [6.07, 6.45) is 3.65. The van der Waals surface area contributed by atoms with E-state index in [1.807, 2.05) is 0 Å². The minimum atomic E-state index is -3.51. The highest BCUT2D eigenvalue weighted by Gasteiger charge is 2.25. The smallest absolute Gasteiger partial charge is 0.245 e. The van der Waals surface area contributed by atoms with Crippen LogP contribution >= 0.6 is 15.9 Å². The van der Waals surface area contributed by atoms with Crippen LogP contribution in [0.4, 0.5) is 5.69 Å². The molecule has 0 fully saturated rings. The lowest BCUT2D eigenvalue weighted by molar-refractivity contribution is 0.395. The summed E-state index contributed by atoms with van der Waals surface area (Å²) in [5.41, 5.74) is 6.16. The summed E-state index contributed by atoms with van der Waals surface area (Å²) in [6.45, 7) is 5.21. The fraction of sp³-hybridized carbons (Fsp3) is 0.571. The molecule has 0 radical (unpaired) electrons. The molecule has 114 valence electrons. The van der Waals surface area contributed by atoms with Gasteiger partial charge in [-0.2, -0.15) is 4.31 Å². The van der Waals surface area contributed by atoms with Crippen LogP contribution in [0, 0.1) is 0 Å². The van der Waals surface area contributed by atoms with Gasteiger partial charge in [0.25, 0.3) is 0 Å². The van der Waals surface area contributed by atoms with Gasteiger partial charge in [0.1, 0.15) is 4.90 Å². The Hall–Kier alpha value is -0.590. The molecule has 4 nitrogen and oxygen atoms in total. The number of nitrogen functional groups attached to an aromatic ring is 1. The van der Waals surface area contributed by atoms with Crippen molar-refractivity contribution in [2.45, 2.75) is 44.4 Å². The number of benzene rings is 1. The van der Waals surface area contributed by atoms with E-state index in [0.29, 0.717) is 13.1 Å². The number of sulfonamides is 1. The van der Waals surface area contributed by atoms with E-state index in [1.165, 1.54) is 0 Å². The minimum absolute atomic E-state index is 0.202. The maximum absolute atomic E-state index is 12.7.